The first-order chi connectivity index (χ1) is 19.2. The van der Waals surface area contributed by atoms with Crippen LogP contribution in [0.2, 0.25) is 0 Å². The SMILES string of the molecule is O=C1c2cccc(NCc3cccc(CN4CCOCC4)c3F)c2C(O)(O)N1C1(O)C(=O)NC(=O)C(O)(O)C1(O)O. The predicted octanol–water partition coefficient (Wildman–Crippen LogP) is -3.47. The minimum Gasteiger partial charge on any atom is -0.380 e. The van der Waals surface area contributed by atoms with Gasteiger partial charge >= 0.3 is 5.79 Å². The molecule has 2 aromatic carbocycles. The fourth-order valence-electron chi connectivity index (χ4n) is 5.16. The fraction of sp³-hybridized carbons (Fsp3) is 0.400. The molecule has 3 aliphatic heterocycles. The van der Waals surface area contributed by atoms with Crippen LogP contribution in [-0.2, 0) is 33.3 Å². The van der Waals surface area contributed by atoms with Gasteiger partial charge in [-0.05, 0) is 12.1 Å². The number of benzene rings is 2. The van der Waals surface area contributed by atoms with E-state index in [1.165, 1.54) is 23.5 Å². The number of carbonyl (C=O) groups is 3. The summed E-state index contributed by atoms with van der Waals surface area (Å²) >= 11 is 0. The average Bonchev–Trinajstić information content (AvgIpc) is 3.13. The van der Waals surface area contributed by atoms with Gasteiger partial charge in [0, 0.05) is 43.0 Å². The van der Waals surface area contributed by atoms with Crippen molar-refractivity contribution >= 4 is 23.4 Å². The van der Waals surface area contributed by atoms with E-state index in [0.29, 0.717) is 38.4 Å². The number of piperidine rings is 1. The number of nitrogens with one attached hydrogen (secondary N) is 2. The molecular formula is C25H27FN4O11. The number of carbonyl (C=O) groups excluding carboxylic acids is 3. The normalized spacial score (nSPS) is 25.2. The topological polar surface area (TPSA) is 233 Å². The van der Waals surface area contributed by atoms with Crippen LogP contribution in [-0.4, -0.2) is 107 Å². The van der Waals surface area contributed by atoms with Crippen LogP contribution >= 0.6 is 0 Å². The van der Waals surface area contributed by atoms with Gasteiger partial charge in [-0.1, -0.05) is 24.3 Å². The monoisotopic (exact) mass is 578 g/mol. The number of imide groups is 1. The molecule has 16 heteroatoms. The second kappa shape index (κ2) is 9.76. The third-order valence-corrected chi connectivity index (χ3v) is 7.43. The fourth-order valence-corrected chi connectivity index (χ4v) is 5.16. The largest absolute Gasteiger partial charge is 0.380 e. The third kappa shape index (κ3) is 4.19. The summed E-state index contributed by atoms with van der Waals surface area (Å²) in [7, 11) is 0. The summed E-state index contributed by atoms with van der Waals surface area (Å²) in [6.45, 7) is 2.41. The van der Waals surface area contributed by atoms with Gasteiger partial charge in [-0.2, -0.15) is 0 Å². The van der Waals surface area contributed by atoms with E-state index in [-0.39, 0.29) is 17.8 Å². The number of ether oxygens (including phenoxy) is 1. The molecule has 1 unspecified atom stereocenters. The third-order valence-electron chi connectivity index (χ3n) is 7.43. The van der Waals surface area contributed by atoms with E-state index in [9.17, 15) is 50.1 Å². The lowest BCUT2D eigenvalue weighted by molar-refractivity contribution is -0.433. The van der Waals surface area contributed by atoms with Gasteiger partial charge in [0.1, 0.15) is 5.82 Å². The molecule has 1 atom stereocenters. The zero-order chi connectivity index (χ0) is 30.0. The second-order valence-electron chi connectivity index (χ2n) is 9.94. The quantitative estimate of drug-likeness (QED) is 0.120. The van der Waals surface area contributed by atoms with Crippen LogP contribution in [0.25, 0.3) is 0 Å². The molecule has 2 aromatic rings. The summed E-state index contributed by atoms with van der Waals surface area (Å²) in [5.74, 6) is -18.8. The van der Waals surface area contributed by atoms with Crippen molar-refractivity contribution in [2.24, 2.45) is 0 Å². The van der Waals surface area contributed by atoms with Crippen LogP contribution in [0.15, 0.2) is 36.4 Å². The minimum absolute atomic E-state index is 0.176. The Morgan fingerprint density at radius 1 is 0.902 bits per heavy atom. The number of aliphatic hydroxyl groups is 7. The zero-order valence-electron chi connectivity index (χ0n) is 21.2. The van der Waals surface area contributed by atoms with E-state index in [1.807, 2.05) is 4.90 Å². The molecule has 15 nitrogen and oxygen atoms in total. The highest BCUT2D eigenvalue weighted by molar-refractivity contribution is 6.10. The lowest BCUT2D eigenvalue weighted by Crippen LogP contribution is -2.87. The van der Waals surface area contributed by atoms with Crippen molar-refractivity contribution < 1.29 is 59.3 Å². The maximum atomic E-state index is 15.3. The molecule has 0 aromatic heterocycles. The van der Waals surface area contributed by atoms with Crippen molar-refractivity contribution in [2.45, 2.75) is 36.3 Å². The Bertz CT molecular complexity index is 1430. The van der Waals surface area contributed by atoms with Crippen LogP contribution in [0.1, 0.15) is 27.0 Å². The molecule has 3 amide bonds. The number of fused-ring (bicyclic) bond motifs is 1. The smallest absolute Gasteiger partial charge is 0.306 e. The van der Waals surface area contributed by atoms with Crippen LogP contribution in [0, 0.1) is 5.82 Å². The van der Waals surface area contributed by atoms with Crippen molar-refractivity contribution in [2.75, 3.05) is 31.6 Å². The van der Waals surface area contributed by atoms with Crippen LogP contribution < -0.4 is 10.6 Å². The number of nitrogens with zero attached hydrogens (tertiary/aromatic N) is 2. The molecule has 3 aliphatic rings. The molecular weight excluding hydrogens is 551 g/mol. The molecule has 3 heterocycles. The zero-order valence-corrected chi connectivity index (χ0v) is 21.2. The molecule has 0 radical (unpaired) electrons. The Balaban J connectivity index is 1.46. The summed E-state index contributed by atoms with van der Waals surface area (Å²) in [6, 6.07) is 8.31. The Morgan fingerprint density at radius 3 is 2.22 bits per heavy atom. The first-order valence-corrected chi connectivity index (χ1v) is 12.4. The number of amides is 3. The van der Waals surface area contributed by atoms with Gasteiger partial charge in [-0.3, -0.25) is 24.6 Å². The van der Waals surface area contributed by atoms with Crippen LogP contribution in [0.4, 0.5) is 10.1 Å². The summed E-state index contributed by atoms with van der Waals surface area (Å²) in [6.07, 6.45) is 0. The van der Waals surface area contributed by atoms with Crippen molar-refractivity contribution in [3.05, 3.63) is 64.5 Å². The van der Waals surface area contributed by atoms with Gasteiger partial charge in [0.2, 0.25) is 0 Å². The summed E-state index contributed by atoms with van der Waals surface area (Å²) in [5.41, 5.74) is -5.08. The predicted molar refractivity (Wildman–Crippen MR) is 131 cm³/mol. The molecule has 5 rings (SSSR count). The highest BCUT2D eigenvalue weighted by atomic mass is 19.1. The first-order valence-electron chi connectivity index (χ1n) is 12.4. The van der Waals surface area contributed by atoms with Gasteiger partial charge in [0.15, 0.2) is 0 Å². The van der Waals surface area contributed by atoms with Gasteiger partial charge in [-0.15, -0.1) is 0 Å². The molecule has 0 saturated carbocycles. The Labute approximate surface area is 230 Å². The summed E-state index contributed by atoms with van der Waals surface area (Å²) in [5, 5.41) is 77.8. The van der Waals surface area contributed by atoms with Gasteiger partial charge in [-0.25, -0.2) is 9.29 Å². The minimum atomic E-state index is -4.55. The van der Waals surface area contributed by atoms with E-state index in [1.54, 1.807) is 12.1 Å². The maximum Gasteiger partial charge on any atom is 0.306 e. The first kappa shape index (κ1) is 28.9. The Kier molecular flexibility index (Phi) is 6.89. The summed E-state index contributed by atoms with van der Waals surface area (Å²) in [4.78, 5) is 39.2. The molecule has 2 saturated heterocycles. The van der Waals surface area contributed by atoms with E-state index < -0.39 is 62.8 Å². The molecule has 2 fully saturated rings. The van der Waals surface area contributed by atoms with E-state index in [0.717, 1.165) is 6.07 Å². The number of rotatable bonds is 6. The molecule has 0 aliphatic carbocycles. The van der Waals surface area contributed by atoms with Crippen molar-refractivity contribution in [1.29, 1.82) is 0 Å². The highest BCUT2D eigenvalue weighted by Gasteiger charge is 2.79. The van der Waals surface area contributed by atoms with E-state index >= 15 is 4.39 Å². The molecule has 0 bridgehead atoms. The maximum absolute atomic E-state index is 15.3. The molecule has 9 N–H and O–H groups in total. The standard InChI is InChI=1S/C25H27FN4O11/c26-18-13(3-1-4-14(18)12-29-7-9-41-10-8-29)11-27-16-6-2-5-15-17(16)24(37,38)30(19(15)31)22(34)20(32)28-21(33)23(35,36)25(22,39)40/h1-6,27,34-40H,7-12H2,(H,28,32,33). The molecule has 0 spiro atoms. The van der Waals surface area contributed by atoms with Gasteiger partial charge < -0.3 is 45.8 Å². The Hall–Kier alpha value is -3.58. The van der Waals surface area contributed by atoms with Crippen molar-refractivity contribution in [1.82, 2.24) is 15.1 Å². The van der Waals surface area contributed by atoms with Crippen molar-refractivity contribution in [3.8, 4) is 0 Å². The second-order valence-corrected chi connectivity index (χ2v) is 9.94. The lowest BCUT2D eigenvalue weighted by atomic mass is 9.86. The number of anilines is 1. The van der Waals surface area contributed by atoms with Crippen LogP contribution in [0.3, 0.4) is 0 Å². The van der Waals surface area contributed by atoms with E-state index in [4.69, 9.17) is 4.74 Å². The number of hydrogen-bond donors (Lipinski definition) is 9. The lowest BCUT2D eigenvalue weighted by Gasteiger charge is -2.51. The van der Waals surface area contributed by atoms with Crippen molar-refractivity contribution in [3.63, 3.8) is 0 Å². The Morgan fingerprint density at radius 2 is 1.54 bits per heavy atom. The number of hydrogen-bond acceptors (Lipinski definition) is 13. The van der Waals surface area contributed by atoms with E-state index in [2.05, 4.69) is 5.32 Å². The average molecular weight is 579 g/mol. The molecule has 41 heavy (non-hydrogen) atoms. The van der Waals surface area contributed by atoms with Gasteiger partial charge in [0.25, 0.3) is 35.1 Å². The highest BCUT2D eigenvalue weighted by Crippen LogP contribution is 2.48. The molecule has 220 valence electrons. The van der Waals surface area contributed by atoms with Gasteiger partial charge in [0.05, 0.1) is 24.3 Å². The van der Waals surface area contributed by atoms with Crippen LogP contribution in [0.5, 0.6) is 0 Å². The summed E-state index contributed by atoms with van der Waals surface area (Å²) < 4.78 is 20.6. The number of morpholine rings is 1. The number of halogens is 1.